The van der Waals surface area contributed by atoms with E-state index in [1.807, 2.05) is 54.6 Å². The summed E-state index contributed by atoms with van der Waals surface area (Å²) in [4.78, 5) is 27.2. The van der Waals surface area contributed by atoms with Crippen LogP contribution in [0.25, 0.3) is 0 Å². The SMILES string of the molecule is CC(OC(=O)c1ccc(OCc2ccccc2)cc1)C(=O)N1CCCc2ccccc21. The quantitative estimate of drug-likeness (QED) is 0.543. The van der Waals surface area contributed by atoms with Crippen LogP contribution in [0.1, 0.15) is 34.8 Å². The van der Waals surface area contributed by atoms with E-state index in [-0.39, 0.29) is 5.91 Å². The van der Waals surface area contributed by atoms with Crippen molar-refractivity contribution in [3.05, 3.63) is 95.6 Å². The van der Waals surface area contributed by atoms with Crippen LogP contribution in [0, 0.1) is 0 Å². The normalized spacial score (nSPS) is 13.8. The number of benzene rings is 3. The lowest BCUT2D eigenvalue weighted by Crippen LogP contribution is -2.42. The number of rotatable bonds is 6. The monoisotopic (exact) mass is 415 g/mol. The lowest BCUT2D eigenvalue weighted by atomic mass is 10.0. The number of carbonyl (C=O) groups is 2. The van der Waals surface area contributed by atoms with Crippen molar-refractivity contribution in [1.82, 2.24) is 0 Å². The van der Waals surface area contributed by atoms with Crippen LogP contribution in [-0.4, -0.2) is 24.5 Å². The number of aryl methyl sites for hydroxylation is 1. The second kappa shape index (κ2) is 9.47. The van der Waals surface area contributed by atoms with Crippen LogP contribution < -0.4 is 9.64 Å². The van der Waals surface area contributed by atoms with E-state index in [9.17, 15) is 9.59 Å². The molecule has 0 saturated carbocycles. The van der Waals surface area contributed by atoms with Crippen molar-refractivity contribution in [1.29, 1.82) is 0 Å². The van der Waals surface area contributed by atoms with E-state index in [4.69, 9.17) is 9.47 Å². The summed E-state index contributed by atoms with van der Waals surface area (Å²) in [5.41, 5.74) is 3.50. The predicted octanol–water partition coefficient (Wildman–Crippen LogP) is 4.79. The van der Waals surface area contributed by atoms with Crippen LogP contribution in [0.3, 0.4) is 0 Å². The number of anilines is 1. The van der Waals surface area contributed by atoms with Gasteiger partial charge in [0.05, 0.1) is 5.56 Å². The molecule has 1 amide bonds. The molecule has 0 radical (unpaired) electrons. The molecule has 0 spiro atoms. The summed E-state index contributed by atoms with van der Waals surface area (Å²) in [6.45, 7) is 2.70. The van der Waals surface area contributed by atoms with E-state index in [1.165, 1.54) is 0 Å². The van der Waals surface area contributed by atoms with Crippen molar-refractivity contribution in [2.75, 3.05) is 11.4 Å². The van der Waals surface area contributed by atoms with Gasteiger partial charge in [-0.05, 0) is 61.2 Å². The van der Waals surface area contributed by atoms with Gasteiger partial charge in [-0.3, -0.25) is 4.79 Å². The Morgan fingerprint density at radius 2 is 1.65 bits per heavy atom. The summed E-state index contributed by atoms with van der Waals surface area (Å²) >= 11 is 0. The molecule has 1 unspecified atom stereocenters. The molecule has 1 heterocycles. The third kappa shape index (κ3) is 4.94. The minimum atomic E-state index is -0.868. The third-order valence-electron chi connectivity index (χ3n) is 5.35. The first-order valence-electron chi connectivity index (χ1n) is 10.5. The second-order valence-electron chi connectivity index (χ2n) is 7.57. The zero-order valence-corrected chi connectivity index (χ0v) is 17.5. The highest BCUT2D eigenvalue weighted by molar-refractivity contribution is 5.99. The topological polar surface area (TPSA) is 55.8 Å². The van der Waals surface area contributed by atoms with Gasteiger partial charge in [-0.2, -0.15) is 0 Å². The van der Waals surface area contributed by atoms with Gasteiger partial charge in [0, 0.05) is 12.2 Å². The molecule has 158 valence electrons. The largest absolute Gasteiger partial charge is 0.489 e. The smallest absolute Gasteiger partial charge is 0.338 e. The standard InChI is InChI=1S/C26H25NO4/c1-19(25(28)27-17-7-11-21-10-5-6-12-24(21)27)31-26(29)22-13-15-23(16-14-22)30-18-20-8-3-2-4-9-20/h2-6,8-10,12-16,19H,7,11,17-18H2,1H3. The van der Waals surface area contributed by atoms with Gasteiger partial charge >= 0.3 is 5.97 Å². The Bertz CT molecular complexity index is 1050. The Kier molecular flexibility index (Phi) is 6.32. The molecule has 3 aromatic rings. The molecule has 1 aliphatic rings. The van der Waals surface area contributed by atoms with E-state index in [0.717, 1.165) is 29.7 Å². The van der Waals surface area contributed by atoms with Gasteiger partial charge in [-0.25, -0.2) is 4.79 Å². The Balaban J connectivity index is 1.35. The van der Waals surface area contributed by atoms with Gasteiger partial charge < -0.3 is 14.4 Å². The maximum Gasteiger partial charge on any atom is 0.338 e. The van der Waals surface area contributed by atoms with Crippen LogP contribution in [0.4, 0.5) is 5.69 Å². The molecule has 0 saturated heterocycles. The fourth-order valence-electron chi connectivity index (χ4n) is 3.69. The van der Waals surface area contributed by atoms with E-state index < -0.39 is 12.1 Å². The molecule has 0 aromatic heterocycles. The van der Waals surface area contributed by atoms with Gasteiger partial charge in [0.15, 0.2) is 6.10 Å². The Hall–Kier alpha value is -3.60. The van der Waals surface area contributed by atoms with Crippen molar-refractivity contribution in [2.45, 2.75) is 32.5 Å². The van der Waals surface area contributed by atoms with Crippen LogP contribution >= 0.6 is 0 Å². The zero-order valence-electron chi connectivity index (χ0n) is 17.5. The molecule has 5 nitrogen and oxygen atoms in total. The summed E-state index contributed by atoms with van der Waals surface area (Å²) in [7, 11) is 0. The summed E-state index contributed by atoms with van der Waals surface area (Å²) in [5.74, 6) is -0.0708. The van der Waals surface area contributed by atoms with Crippen molar-refractivity contribution in [3.8, 4) is 5.75 Å². The highest BCUT2D eigenvalue weighted by Crippen LogP contribution is 2.27. The second-order valence-corrected chi connectivity index (χ2v) is 7.57. The van der Waals surface area contributed by atoms with Crippen molar-refractivity contribution in [2.24, 2.45) is 0 Å². The number of fused-ring (bicyclic) bond motifs is 1. The maximum atomic E-state index is 12.9. The molecule has 0 bridgehead atoms. The molecule has 31 heavy (non-hydrogen) atoms. The first-order chi connectivity index (χ1) is 15.1. The minimum absolute atomic E-state index is 0.205. The van der Waals surface area contributed by atoms with Crippen LogP contribution in [-0.2, 0) is 22.6 Å². The first kappa shape index (κ1) is 20.7. The lowest BCUT2D eigenvalue weighted by Gasteiger charge is -2.31. The number of hydrogen-bond acceptors (Lipinski definition) is 4. The van der Waals surface area contributed by atoms with Crippen LogP contribution in [0.2, 0.25) is 0 Å². The number of amides is 1. The Labute approximate surface area is 182 Å². The first-order valence-corrected chi connectivity index (χ1v) is 10.5. The minimum Gasteiger partial charge on any atom is -0.489 e. The van der Waals surface area contributed by atoms with Gasteiger partial charge in [0.1, 0.15) is 12.4 Å². The summed E-state index contributed by atoms with van der Waals surface area (Å²) in [5, 5.41) is 0. The zero-order chi connectivity index (χ0) is 21.6. The third-order valence-corrected chi connectivity index (χ3v) is 5.35. The highest BCUT2D eigenvalue weighted by Gasteiger charge is 2.28. The molecule has 0 N–H and O–H groups in total. The molecule has 0 fully saturated rings. The van der Waals surface area contributed by atoms with E-state index in [1.54, 1.807) is 36.1 Å². The average Bonchev–Trinajstić information content (AvgIpc) is 2.83. The van der Waals surface area contributed by atoms with E-state index in [2.05, 4.69) is 0 Å². The van der Waals surface area contributed by atoms with E-state index in [0.29, 0.717) is 24.5 Å². The number of para-hydroxylation sites is 1. The Morgan fingerprint density at radius 1 is 0.935 bits per heavy atom. The summed E-state index contributed by atoms with van der Waals surface area (Å²) < 4.78 is 11.2. The van der Waals surface area contributed by atoms with Crippen molar-refractivity contribution in [3.63, 3.8) is 0 Å². The summed E-state index contributed by atoms with van der Waals surface area (Å²) in [6, 6.07) is 24.5. The number of hydrogen-bond donors (Lipinski definition) is 0. The number of ether oxygens (including phenoxy) is 2. The fourth-order valence-corrected chi connectivity index (χ4v) is 3.69. The lowest BCUT2D eigenvalue weighted by molar-refractivity contribution is -0.126. The van der Waals surface area contributed by atoms with Gasteiger partial charge in [-0.1, -0.05) is 48.5 Å². The number of nitrogens with zero attached hydrogens (tertiary/aromatic N) is 1. The average molecular weight is 415 g/mol. The van der Waals surface area contributed by atoms with Crippen LogP contribution in [0.5, 0.6) is 5.75 Å². The maximum absolute atomic E-state index is 12.9. The molecular weight excluding hydrogens is 390 g/mol. The Morgan fingerprint density at radius 3 is 2.42 bits per heavy atom. The summed E-state index contributed by atoms with van der Waals surface area (Å²) in [6.07, 6.45) is 0.980. The highest BCUT2D eigenvalue weighted by atomic mass is 16.5. The fraction of sp³-hybridized carbons (Fsp3) is 0.231. The molecule has 3 aromatic carbocycles. The van der Waals surface area contributed by atoms with Gasteiger partial charge in [-0.15, -0.1) is 0 Å². The number of esters is 1. The predicted molar refractivity (Wildman–Crippen MR) is 119 cm³/mol. The van der Waals surface area contributed by atoms with Crippen molar-refractivity contribution < 1.29 is 19.1 Å². The van der Waals surface area contributed by atoms with E-state index >= 15 is 0 Å². The molecule has 4 rings (SSSR count). The molecule has 0 aliphatic carbocycles. The molecule has 5 heteroatoms. The van der Waals surface area contributed by atoms with Crippen LogP contribution in [0.15, 0.2) is 78.9 Å². The molecule has 1 atom stereocenters. The van der Waals surface area contributed by atoms with Gasteiger partial charge in [0.2, 0.25) is 0 Å². The molecule has 1 aliphatic heterocycles. The number of carbonyl (C=O) groups excluding carboxylic acids is 2. The van der Waals surface area contributed by atoms with Crippen molar-refractivity contribution >= 4 is 17.6 Å². The van der Waals surface area contributed by atoms with Gasteiger partial charge in [0.25, 0.3) is 5.91 Å². The molecular formula is C26H25NO4.